The predicted molar refractivity (Wildman–Crippen MR) is 129 cm³/mol. The molecule has 11 heteroatoms. The molecule has 1 unspecified atom stereocenters. The van der Waals surface area contributed by atoms with Gasteiger partial charge in [0, 0.05) is 31.6 Å². The molecule has 3 aromatic rings. The number of para-hydroxylation sites is 1. The van der Waals surface area contributed by atoms with Gasteiger partial charge in [0.15, 0.2) is 0 Å². The first-order valence-electron chi connectivity index (χ1n) is 12.1. The summed E-state index contributed by atoms with van der Waals surface area (Å²) in [7, 11) is 0. The van der Waals surface area contributed by atoms with Gasteiger partial charge in [-0.1, -0.05) is 12.1 Å². The van der Waals surface area contributed by atoms with Crippen molar-refractivity contribution in [2.45, 2.75) is 37.4 Å². The number of aromatic nitrogens is 3. The van der Waals surface area contributed by atoms with Gasteiger partial charge in [-0.3, -0.25) is 14.5 Å². The number of nitrogens with zero attached hydrogens (tertiary/aromatic N) is 4. The third-order valence-corrected chi connectivity index (χ3v) is 7.01. The van der Waals surface area contributed by atoms with Crippen LogP contribution in [0, 0.1) is 0 Å². The molecule has 2 fully saturated rings. The Morgan fingerprint density at radius 3 is 2.58 bits per heavy atom. The SMILES string of the molecule is O=C(NCC(F)(F)F)c1ccc(N2CCC(N3CCC(c4nc5ccccc5c(=O)[nH]4)C3)CC2)cn1. The number of pyridine rings is 1. The quantitative estimate of drug-likeness (QED) is 0.559. The van der Waals surface area contributed by atoms with E-state index in [-0.39, 0.29) is 17.2 Å². The number of anilines is 1. The van der Waals surface area contributed by atoms with Gasteiger partial charge in [0.05, 0.1) is 22.8 Å². The number of nitrogens with one attached hydrogen (secondary N) is 2. The number of amides is 1. The lowest BCUT2D eigenvalue weighted by molar-refractivity contribution is -0.123. The number of alkyl halides is 3. The zero-order valence-electron chi connectivity index (χ0n) is 19.6. The number of carbonyl (C=O) groups excluding carboxylic acids is 1. The van der Waals surface area contributed by atoms with E-state index in [4.69, 9.17) is 4.98 Å². The zero-order valence-corrected chi connectivity index (χ0v) is 19.6. The van der Waals surface area contributed by atoms with E-state index < -0.39 is 18.6 Å². The Hall–Kier alpha value is -3.47. The van der Waals surface area contributed by atoms with Crippen LogP contribution in [0.25, 0.3) is 10.9 Å². The predicted octanol–water partition coefficient (Wildman–Crippen LogP) is 3.07. The van der Waals surface area contributed by atoms with Crippen LogP contribution in [0.4, 0.5) is 18.9 Å². The Balaban J connectivity index is 1.15. The number of likely N-dealkylation sites (tertiary alicyclic amines) is 1. The van der Waals surface area contributed by atoms with Gasteiger partial charge in [0.1, 0.15) is 18.1 Å². The lowest BCUT2D eigenvalue weighted by atomic mass is 10.0. The van der Waals surface area contributed by atoms with Gasteiger partial charge in [-0.25, -0.2) is 9.97 Å². The summed E-state index contributed by atoms with van der Waals surface area (Å²) in [5, 5.41) is 2.44. The average Bonchev–Trinajstić information content (AvgIpc) is 3.38. The number of rotatable bonds is 5. The molecule has 2 aliphatic rings. The summed E-state index contributed by atoms with van der Waals surface area (Å²) in [5.41, 5.74) is 1.43. The van der Waals surface area contributed by atoms with Gasteiger partial charge in [-0.15, -0.1) is 0 Å². The second-order valence-electron chi connectivity index (χ2n) is 9.37. The minimum atomic E-state index is -4.46. The molecule has 1 amide bonds. The summed E-state index contributed by atoms with van der Waals surface area (Å²) < 4.78 is 36.9. The molecule has 2 aromatic heterocycles. The fourth-order valence-corrected chi connectivity index (χ4v) is 5.11. The van der Waals surface area contributed by atoms with Crippen molar-refractivity contribution in [1.29, 1.82) is 0 Å². The highest BCUT2D eigenvalue weighted by molar-refractivity contribution is 5.92. The summed E-state index contributed by atoms with van der Waals surface area (Å²) >= 11 is 0. The molecule has 4 heterocycles. The molecule has 0 bridgehead atoms. The maximum Gasteiger partial charge on any atom is 0.405 e. The molecule has 2 N–H and O–H groups in total. The van der Waals surface area contributed by atoms with Crippen LogP contribution in [0.5, 0.6) is 0 Å². The van der Waals surface area contributed by atoms with Crippen molar-refractivity contribution in [3.63, 3.8) is 0 Å². The maximum atomic E-state index is 12.5. The summed E-state index contributed by atoms with van der Waals surface area (Å²) in [5.74, 6) is 0.105. The van der Waals surface area contributed by atoms with E-state index in [2.05, 4.69) is 19.8 Å². The van der Waals surface area contributed by atoms with Crippen LogP contribution in [-0.2, 0) is 0 Å². The number of benzene rings is 1. The van der Waals surface area contributed by atoms with E-state index in [9.17, 15) is 22.8 Å². The fraction of sp³-hybridized carbons (Fsp3) is 0.440. The lowest BCUT2D eigenvalue weighted by Crippen LogP contribution is -2.44. The third-order valence-electron chi connectivity index (χ3n) is 7.01. The van der Waals surface area contributed by atoms with Crippen LogP contribution in [0.2, 0.25) is 0 Å². The molecule has 1 aromatic carbocycles. The normalized spacial score (nSPS) is 19.6. The molecule has 190 valence electrons. The van der Waals surface area contributed by atoms with Gasteiger partial charge in [0.25, 0.3) is 11.5 Å². The minimum Gasteiger partial charge on any atom is -0.370 e. The van der Waals surface area contributed by atoms with Crippen molar-refractivity contribution in [3.8, 4) is 0 Å². The largest absolute Gasteiger partial charge is 0.405 e. The van der Waals surface area contributed by atoms with Gasteiger partial charge in [-0.05, 0) is 50.1 Å². The Kier molecular flexibility index (Phi) is 6.65. The number of hydrogen-bond donors (Lipinski definition) is 2. The number of carbonyl (C=O) groups is 1. The summed E-state index contributed by atoms with van der Waals surface area (Å²) in [4.78, 5) is 40.7. The summed E-state index contributed by atoms with van der Waals surface area (Å²) in [6.07, 6.45) is -0.0529. The first-order chi connectivity index (χ1) is 17.3. The molecule has 2 saturated heterocycles. The second kappa shape index (κ2) is 9.88. The molecule has 8 nitrogen and oxygen atoms in total. The van der Waals surface area contributed by atoms with Gasteiger partial charge in [-0.2, -0.15) is 13.2 Å². The van der Waals surface area contributed by atoms with E-state index in [1.165, 1.54) is 12.3 Å². The number of H-pyrrole nitrogens is 1. The molecular formula is C25H27F3N6O2. The first kappa shape index (κ1) is 24.2. The monoisotopic (exact) mass is 500 g/mol. The summed E-state index contributed by atoms with van der Waals surface area (Å²) in [6, 6.07) is 11.0. The van der Waals surface area contributed by atoms with Gasteiger partial charge >= 0.3 is 6.18 Å². The second-order valence-corrected chi connectivity index (χ2v) is 9.37. The molecule has 0 saturated carbocycles. The maximum absolute atomic E-state index is 12.5. The van der Waals surface area contributed by atoms with E-state index in [1.54, 1.807) is 12.1 Å². The van der Waals surface area contributed by atoms with E-state index in [0.29, 0.717) is 11.4 Å². The molecule has 2 aliphatic heterocycles. The van der Waals surface area contributed by atoms with Gasteiger partial charge in [0.2, 0.25) is 0 Å². The Bertz CT molecular complexity index is 1290. The molecule has 5 rings (SSSR count). The van der Waals surface area contributed by atoms with E-state index in [0.717, 1.165) is 62.5 Å². The highest BCUT2D eigenvalue weighted by Gasteiger charge is 2.33. The van der Waals surface area contributed by atoms with Crippen molar-refractivity contribution in [1.82, 2.24) is 25.2 Å². The van der Waals surface area contributed by atoms with Crippen molar-refractivity contribution in [2.75, 3.05) is 37.6 Å². The Morgan fingerprint density at radius 1 is 1.08 bits per heavy atom. The smallest absolute Gasteiger partial charge is 0.370 e. The highest BCUT2D eigenvalue weighted by atomic mass is 19.4. The third kappa shape index (κ3) is 5.35. The first-order valence-corrected chi connectivity index (χ1v) is 12.1. The van der Waals surface area contributed by atoms with Crippen LogP contribution in [0.15, 0.2) is 47.4 Å². The highest BCUT2D eigenvalue weighted by Crippen LogP contribution is 2.30. The van der Waals surface area contributed by atoms with E-state index >= 15 is 0 Å². The minimum absolute atomic E-state index is 0.0404. The molecule has 0 spiro atoms. The summed E-state index contributed by atoms with van der Waals surface area (Å²) in [6.45, 7) is 2.06. The van der Waals surface area contributed by atoms with Crippen LogP contribution >= 0.6 is 0 Å². The molecule has 0 aliphatic carbocycles. The average molecular weight is 501 g/mol. The van der Waals surface area contributed by atoms with Crippen molar-refractivity contribution < 1.29 is 18.0 Å². The van der Waals surface area contributed by atoms with Crippen molar-refractivity contribution in [3.05, 3.63) is 64.5 Å². The molecule has 36 heavy (non-hydrogen) atoms. The number of hydrogen-bond acceptors (Lipinski definition) is 6. The van der Waals surface area contributed by atoms with Crippen molar-refractivity contribution in [2.24, 2.45) is 0 Å². The number of halogens is 3. The van der Waals surface area contributed by atoms with Crippen LogP contribution in [0.1, 0.15) is 41.5 Å². The Morgan fingerprint density at radius 2 is 1.86 bits per heavy atom. The van der Waals surface area contributed by atoms with Crippen LogP contribution in [0.3, 0.4) is 0 Å². The lowest BCUT2D eigenvalue weighted by Gasteiger charge is -2.37. The van der Waals surface area contributed by atoms with Crippen LogP contribution < -0.4 is 15.8 Å². The Labute approximate surface area is 205 Å². The van der Waals surface area contributed by atoms with Gasteiger partial charge < -0.3 is 15.2 Å². The molecular weight excluding hydrogens is 473 g/mol. The number of fused-ring (bicyclic) bond motifs is 1. The number of piperidine rings is 1. The van der Waals surface area contributed by atoms with E-state index in [1.807, 2.05) is 23.5 Å². The molecule has 1 atom stereocenters. The zero-order chi connectivity index (χ0) is 25.3. The topological polar surface area (TPSA) is 94.2 Å². The number of aromatic amines is 1. The van der Waals surface area contributed by atoms with Crippen LogP contribution in [-0.4, -0.2) is 70.7 Å². The standard InChI is InChI=1S/C25H27F3N6O2/c26-25(27,28)15-30-24(36)21-6-5-18(13-29-21)33-11-8-17(9-12-33)34-10-7-16(14-34)22-31-20-4-2-1-3-19(20)23(35)32-22/h1-6,13,16-17H,7-12,14-15H2,(H,30,36)(H,31,32,35). The molecule has 0 radical (unpaired) electrons. The fourth-order valence-electron chi connectivity index (χ4n) is 5.11. The van der Waals surface area contributed by atoms with Crippen molar-refractivity contribution >= 4 is 22.5 Å².